The molecule has 1 saturated carbocycles. The van der Waals surface area contributed by atoms with E-state index in [2.05, 4.69) is 4.98 Å². The number of phenols is 1. The molecule has 2 aromatic heterocycles. The van der Waals surface area contributed by atoms with Gasteiger partial charge in [-0.1, -0.05) is 0 Å². The summed E-state index contributed by atoms with van der Waals surface area (Å²) >= 11 is 0. The largest absolute Gasteiger partial charge is 0.508 e. The number of aromatic hydroxyl groups is 1. The van der Waals surface area contributed by atoms with Crippen LogP contribution in [0.3, 0.4) is 0 Å². The second-order valence-electron chi connectivity index (χ2n) is 5.17. The minimum Gasteiger partial charge on any atom is -0.508 e. The number of nitrogens with zero attached hydrogens (tertiary/aromatic N) is 3. The first kappa shape index (κ1) is 11.3. The molecule has 1 aromatic carbocycles. The predicted molar refractivity (Wildman–Crippen MR) is 76.5 cm³/mol. The average Bonchev–Trinajstić information content (AvgIpc) is 3.21. The third kappa shape index (κ3) is 1.63. The van der Waals surface area contributed by atoms with Gasteiger partial charge in [0.15, 0.2) is 0 Å². The number of imidazole rings is 1. The van der Waals surface area contributed by atoms with Gasteiger partial charge in [0.05, 0.1) is 0 Å². The van der Waals surface area contributed by atoms with Crippen LogP contribution < -0.4 is 5.73 Å². The fraction of sp³-hybridized carbons (Fsp3) is 0.200. The van der Waals surface area contributed by atoms with Crippen molar-refractivity contribution in [2.45, 2.75) is 18.8 Å². The highest BCUT2D eigenvalue weighted by atomic mass is 16.3. The van der Waals surface area contributed by atoms with Gasteiger partial charge in [0, 0.05) is 23.9 Å². The van der Waals surface area contributed by atoms with Crippen molar-refractivity contribution in [2.75, 3.05) is 5.73 Å². The summed E-state index contributed by atoms with van der Waals surface area (Å²) < 4.78 is 2.04. The van der Waals surface area contributed by atoms with Crippen molar-refractivity contribution < 1.29 is 5.11 Å². The highest BCUT2D eigenvalue weighted by Gasteiger charge is 2.30. The Bertz CT molecular complexity index is 787. The van der Waals surface area contributed by atoms with Gasteiger partial charge in [-0.05, 0) is 37.1 Å². The molecule has 3 N–H and O–H groups in total. The molecule has 0 atom stereocenters. The zero-order valence-electron chi connectivity index (χ0n) is 10.8. The van der Waals surface area contributed by atoms with E-state index in [0.717, 1.165) is 22.6 Å². The Morgan fingerprint density at radius 2 is 1.95 bits per heavy atom. The average molecular weight is 266 g/mol. The van der Waals surface area contributed by atoms with E-state index in [1.807, 2.05) is 22.7 Å². The second-order valence-corrected chi connectivity index (χ2v) is 5.17. The molecule has 100 valence electrons. The Morgan fingerprint density at radius 3 is 2.65 bits per heavy atom. The number of benzene rings is 1. The lowest BCUT2D eigenvalue weighted by molar-refractivity contribution is 0.475. The summed E-state index contributed by atoms with van der Waals surface area (Å²) in [7, 11) is 0. The first-order chi connectivity index (χ1) is 9.74. The second kappa shape index (κ2) is 3.96. The van der Waals surface area contributed by atoms with Crippen LogP contribution in [-0.2, 0) is 0 Å². The summed E-state index contributed by atoms with van der Waals surface area (Å²) in [6.45, 7) is 0. The Labute approximate surface area is 115 Å². The molecule has 1 aliphatic rings. The summed E-state index contributed by atoms with van der Waals surface area (Å²) in [4.78, 5) is 8.95. The predicted octanol–water partition coefficient (Wildman–Crippen LogP) is 2.56. The number of fused-ring (bicyclic) bond motifs is 1. The van der Waals surface area contributed by atoms with E-state index in [-0.39, 0.29) is 5.75 Å². The molecule has 0 unspecified atom stereocenters. The van der Waals surface area contributed by atoms with Crippen LogP contribution in [0.4, 0.5) is 5.82 Å². The van der Waals surface area contributed by atoms with Crippen LogP contribution in [0, 0.1) is 0 Å². The smallest absolute Gasteiger partial charge is 0.150 e. The molecule has 0 saturated heterocycles. The number of rotatable bonds is 2. The molecule has 0 spiro atoms. The maximum absolute atomic E-state index is 9.41. The third-order valence-electron chi connectivity index (χ3n) is 3.69. The molecule has 0 radical (unpaired) electrons. The van der Waals surface area contributed by atoms with Gasteiger partial charge >= 0.3 is 0 Å². The molecule has 1 fully saturated rings. The quantitative estimate of drug-likeness (QED) is 0.747. The lowest BCUT2D eigenvalue weighted by atomic mass is 10.1. The number of nitrogen functional groups attached to an aromatic ring is 1. The Morgan fingerprint density at radius 1 is 1.20 bits per heavy atom. The van der Waals surface area contributed by atoms with E-state index in [9.17, 15) is 5.11 Å². The zero-order valence-corrected chi connectivity index (χ0v) is 10.8. The highest BCUT2D eigenvalue weighted by Crippen LogP contribution is 2.42. The molecule has 5 heteroatoms. The van der Waals surface area contributed by atoms with E-state index in [1.54, 1.807) is 18.3 Å². The Balaban J connectivity index is 2.01. The SMILES string of the molecule is Nc1nccn2c(C3CC3)nc(-c3ccc(O)cc3)c12. The highest BCUT2D eigenvalue weighted by molar-refractivity contribution is 5.85. The van der Waals surface area contributed by atoms with E-state index in [1.165, 1.54) is 12.8 Å². The number of aromatic nitrogens is 3. The molecule has 0 aliphatic heterocycles. The summed E-state index contributed by atoms with van der Waals surface area (Å²) in [5.74, 6) is 2.30. The van der Waals surface area contributed by atoms with Crippen molar-refractivity contribution in [3.8, 4) is 17.0 Å². The zero-order chi connectivity index (χ0) is 13.7. The Kier molecular flexibility index (Phi) is 2.24. The minimum absolute atomic E-state index is 0.241. The standard InChI is InChI=1S/C15H14N4O/c16-14-13-12(9-3-5-11(20)6-4-9)18-15(10-1-2-10)19(13)8-7-17-14/h3-8,10,20H,1-2H2,(H2,16,17). The molecular formula is C15H14N4O. The van der Waals surface area contributed by atoms with Crippen LogP contribution in [0.25, 0.3) is 16.8 Å². The van der Waals surface area contributed by atoms with E-state index >= 15 is 0 Å². The lowest BCUT2D eigenvalue weighted by Gasteiger charge is -2.02. The van der Waals surface area contributed by atoms with Crippen LogP contribution in [0.15, 0.2) is 36.7 Å². The van der Waals surface area contributed by atoms with Crippen molar-refractivity contribution in [3.63, 3.8) is 0 Å². The van der Waals surface area contributed by atoms with Gasteiger partial charge in [0.2, 0.25) is 0 Å². The van der Waals surface area contributed by atoms with E-state index in [0.29, 0.717) is 11.7 Å². The summed E-state index contributed by atoms with van der Waals surface area (Å²) in [5.41, 5.74) is 8.65. The maximum Gasteiger partial charge on any atom is 0.150 e. The van der Waals surface area contributed by atoms with Gasteiger partial charge in [-0.3, -0.25) is 4.40 Å². The van der Waals surface area contributed by atoms with Gasteiger partial charge in [-0.25, -0.2) is 9.97 Å². The van der Waals surface area contributed by atoms with Crippen LogP contribution in [-0.4, -0.2) is 19.5 Å². The molecule has 5 nitrogen and oxygen atoms in total. The summed E-state index contributed by atoms with van der Waals surface area (Å²) in [5, 5.41) is 9.41. The van der Waals surface area contributed by atoms with Crippen molar-refractivity contribution in [2.24, 2.45) is 0 Å². The number of phenolic OH excluding ortho intramolecular Hbond substituents is 1. The van der Waals surface area contributed by atoms with Crippen LogP contribution >= 0.6 is 0 Å². The maximum atomic E-state index is 9.41. The van der Waals surface area contributed by atoms with Crippen molar-refractivity contribution >= 4 is 11.3 Å². The van der Waals surface area contributed by atoms with E-state index < -0.39 is 0 Å². The van der Waals surface area contributed by atoms with Crippen LogP contribution in [0.5, 0.6) is 5.75 Å². The number of hydrogen-bond acceptors (Lipinski definition) is 4. The fourth-order valence-electron chi connectivity index (χ4n) is 2.54. The van der Waals surface area contributed by atoms with Crippen LogP contribution in [0.2, 0.25) is 0 Å². The van der Waals surface area contributed by atoms with Crippen molar-refractivity contribution in [3.05, 3.63) is 42.5 Å². The van der Waals surface area contributed by atoms with Gasteiger partial charge in [0.25, 0.3) is 0 Å². The van der Waals surface area contributed by atoms with Gasteiger partial charge in [0.1, 0.15) is 28.6 Å². The van der Waals surface area contributed by atoms with E-state index in [4.69, 9.17) is 10.7 Å². The molecule has 1 aliphatic carbocycles. The normalized spacial score (nSPS) is 14.8. The minimum atomic E-state index is 0.241. The molecule has 0 bridgehead atoms. The van der Waals surface area contributed by atoms with Gasteiger partial charge < -0.3 is 10.8 Å². The van der Waals surface area contributed by atoms with Crippen molar-refractivity contribution in [1.29, 1.82) is 0 Å². The summed E-state index contributed by atoms with van der Waals surface area (Å²) in [6, 6.07) is 7.01. The summed E-state index contributed by atoms with van der Waals surface area (Å²) in [6.07, 6.45) is 5.97. The Hall–Kier alpha value is -2.56. The molecule has 3 aromatic rings. The molecule has 2 heterocycles. The fourth-order valence-corrected chi connectivity index (χ4v) is 2.54. The molecular weight excluding hydrogens is 252 g/mol. The van der Waals surface area contributed by atoms with Crippen molar-refractivity contribution in [1.82, 2.24) is 14.4 Å². The first-order valence-corrected chi connectivity index (χ1v) is 6.66. The van der Waals surface area contributed by atoms with Gasteiger partial charge in [-0.15, -0.1) is 0 Å². The third-order valence-corrected chi connectivity index (χ3v) is 3.69. The number of anilines is 1. The molecule has 4 rings (SSSR count). The lowest BCUT2D eigenvalue weighted by Crippen LogP contribution is -1.97. The monoisotopic (exact) mass is 266 g/mol. The topological polar surface area (TPSA) is 76.4 Å². The first-order valence-electron chi connectivity index (χ1n) is 6.66. The number of hydrogen-bond donors (Lipinski definition) is 2. The molecule has 0 amide bonds. The number of nitrogens with two attached hydrogens (primary N) is 1. The molecule has 20 heavy (non-hydrogen) atoms. The van der Waals surface area contributed by atoms with Crippen LogP contribution in [0.1, 0.15) is 24.6 Å². The van der Waals surface area contributed by atoms with Gasteiger partial charge in [-0.2, -0.15) is 0 Å².